The molecule has 1 aromatic heterocycles. The van der Waals surface area contributed by atoms with E-state index in [1.54, 1.807) is 0 Å². The molecule has 1 aliphatic carbocycles. The maximum atomic E-state index is 12.9. The molecule has 0 saturated heterocycles. The smallest absolute Gasteiger partial charge is 0.231 e. The van der Waals surface area contributed by atoms with Gasteiger partial charge in [-0.2, -0.15) is 0 Å². The fourth-order valence-corrected chi connectivity index (χ4v) is 4.91. The largest absolute Gasteiger partial charge is 0.346 e. The molecule has 32 heavy (non-hydrogen) atoms. The summed E-state index contributed by atoms with van der Waals surface area (Å²) in [6.45, 7) is 0. The van der Waals surface area contributed by atoms with Crippen LogP contribution in [0, 0.1) is 0 Å². The van der Waals surface area contributed by atoms with E-state index in [2.05, 4.69) is 27.6 Å². The highest BCUT2D eigenvalue weighted by Gasteiger charge is 2.39. The summed E-state index contributed by atoms with van der Waals surface area (Å²) in [5, 5.41) is 12.9. The third-order valence-electron chi connectivity index (χ3n) is 5.92. The van der Waals surface area contributed by atoms with Crippen LogP contribution in [0.25, 0.3) is 17.1 Å². The first-order valence-corrected chi connectivity index (χ1v) is 11.8. The van der Waals surface area contributed by atoms with Crippen molar-refractivity contribution in [1.82, 2.24) is 20.1 Å². The molecule has 0 unspecified atom stereocenters. The lowest BCUT2D eigenvalue weighted by Crippen LogP contribution is -2.51. The molecular formula is C26H24N4OS. The molecule has 1 amide bonds. The molecule has 3 aromatic carbocycles. The number of carbonyl (C=O) groups is 1. The monoisotopic (exact) mass is 440 g/mol. The first kappa shape index (κ1) is 20.5. The minimum atomic E-state index is -0.235. The molecule has 0 spiro atoms. The Labute approximate surface area is 191 Å². The van der Waals surface area contributed by atoms with E-state index in [0.29, 0.717) is 5.16 Å². The Morgan fingerprint density at radius 1 is 0.875 bits per heavy atom. The number of aromatic nitrogens is 3. The summed E-state index contributed by atoms with van der Waals surface area (Å²) < 4.78 is 2.02. The zero-order valence-corrected chi connectivity index (χ0v) is 18.5. The number of nitrogens with one attached hydrogen (secondary N) is 1. The van der Waals surface area contributed by atoms with Gasteiger partial charge in [-0.25, -0.2) is 0 Å². The number of rotatable bonds is 7. The molecule has 1 heterocycles. The summed E-state index contributed by atoms with van der Waals surface area (Å²) in [5.41, 5.74) is 2.90. The van der Waals surface area contributed by atoms with E-state index in [4.69, 9.17) is 0 Å². The van der Waals surface area contributed by atoms with Gasteiger partial charge in [-0.15, -0.1) is 10.2 Å². The Kier molecular flexibility index (Phi) is 5.77. The topological polar surface area (TPSA) is 59.8 Å². The van der Waals surface area contributed by atoms with Crippen LogP contribution in [0.3, 0.4) is 0 Å². The van der Waals surface area contributed by atoms with E-state index in [9.17, 15) is 4.79 Å². The molecule has 1 N–H and O–H groups in total. The maximum absolute atomic E-state index is 12.9. The van der Waals surface area contributed by atoms with Gasteiger partial charge in [-0.3, -0.25) is 9.36 Å². The fourth-order valence-electron chi connectivity index (χ4n) is 4.15. The van der Waals surface area contributed by atoms with E-state index in [0.717, 1.165) is 36.3 Å². The van der Waals surface area contributed by atoms with Crippen LogP contribution in [0.1, 0.15) is 24.8 Å². The lowest BCUT2D eigenvalue weighted by molar-refractivity contribution is -0.121. The van der Waals surface area contributed by atoms with E-state index in [1.807, 2.05) is 83.4 Å². The average Bonchev–Trinajstić information content (AvgIpc) is 3.26. The van der Waals surface area contributed by atoms with Crippen LogP contribution in [0.5, 0.6) is 0 Å². The number of carbonyl (C=O) groups excluding carboxylic acids is 1. The second-order valence-corrected chi connectivity index (χ2v) is 8.92. The summed E-state index contributed by atoms with van der Waals surface area (Å²) in [4.78, 5) is 12.9. The lowest BCUT2D eigenvalue weighted by atomic mass is 9.72. The van der Waals surface area contributed by atoms with Crippen molar-refractivity contribution < 1.29 is 4.79 Å². The molecule has 0 aliphatic heterocycles. The summed E-state index contributed by atoms with van der Waals surface area (Å²) in [6, 6.07) is 30.3. The number of hydrogen-bond acceptors (Lipinski definition) is 4. The SMILES string of the molecule is O=C(CSc1nnc(-c2ccccc2)n1-c1ccccc1)NC1(c2ccccc2)CCC1. The zero-order chi connectivity index (χ0) is 21.8. The molecule has 0 atom stereocenters. The number of nitrogens with zero attached hydrogens (tertiary/aromatic N) is 3. The lowest BCUT2D eigenvalue weighted by Gasteiger charge is -2.43. The van der Waals surface area contributed by atoms with Gasteiger partial charge < -0.3 is 5.32 Å². The minimum absolute atomic E-state index is 0.0161. The third-order valence-corrected chi connectivity index (χ3v) is 6.85. The molecule has 4 aromatic rings. The van der Waals surface area contributed by atoms with Gasteiger partial charge >= 0.3 is 0 Å². The molecule has 0 bridgehead atoms. The van der Waals surface area contributed by atoms with Crippen molar-refractivity contribution >= 4 is 17.7 Å². The van der Waals surface area contributed by atoms with E-state index < -0.39 is 0 Å². The number of amides is 1. The Morgan fingerprint density at radius 2 is 1.50 bits per heavy atom. The summed E-state index contributed by atoms with van der Waals surface area (Å²) in [7, 11) is 0. The Morgan fingerprint density at radius 3 is 2.12 bits per heavy atom. The van der Waals surface area contributed by atoms with Gasteiger partial charge in [-0.1, -0.05) is 90.6 Å². The normalized spacial score (nSPS) is 14.5. The van der Waals surface area contributed by atoms with Crippen molar-refractivity contribution in [3.8, 4) is 17.1 Å². The van der Waals surface area contributed by atoms with Crippen LogP contribution < -0.4 is 5.32 Å². The predicted octanol–water partition coefficient (Wildman–Crippen LogP) is 5.22. The third kappa shape index (κ3) is 4.06. The molecule has 1 fully saturated rings. The molecule has 5 rings (SSSR count). The molecule has 5 nitrogen and oxygen atoms in total. The van der Waals surface area contributed by atoms with Crippen molar-refractivity contribution in [1.29, 1.82) is 0 Å². The first-order chi connectivity index (χ1) is 15.8. The maximum Gasteiger partial charge on any atom is 0.231 e. The number of para-hydroxylation sites is 1. The average molecular weight is 441 g/mol. The number of thioether (sulfide) groups is 1. The van der Waals surface area contributed by atoms with Gasteiger partial charge in [0.1, 0.15) is 0 Å². The van der Waals surface area contributed by atoms with Crippen LogP contribution in [0.4, 0.5) is 0 Å². The summed E-state index contributed by atoms with van der Waals surface area (Å²) in [5.74, 6) is 1.07. The van der Waals surface area contributed by atoms with E-state index in [-0.39, 0.29) is 17.2 Å². The van der Waals surface area contributed by atoms with Crippen molar-refractivity contribution in [3.63, 3.8) is 0 Å². The standard InChI is InChI=1S/C26H24N4OS/c31-23(27-26(17-10-18-26)21-13-6-2-7-14-21)19-32-25-29-28-24(20-11-4-1-5-12-20)30(25)22-15-8-3-9-16-22/h1-9,11-16H,10,17-19H2,(H,27,31). The van der Waals surface area contributed by atoms with Gasteiger partial charge in [-0.05, 0) is 37.0 Å². The van der Waals surface area contributed by atoms with Gasteiger partial charge in [0.15, 0.2) is 11.0 Å². The zero-order valence-electron chi connectivity index (χ0n) is 17.6. The number of benzene rings is 3. The quantitative estimate of drug-likeness (QED) is 0.400. The minimum Gasteiger partial charge on any atom is -0.346 e. The van der Waals surface area contributed by atoms with Gasteiger partial charge in [0, 0.05) is 11.3 Å². The molecule has 1 saturated carbocycles. The molecule has 0 radical (unpaired) electrons. The van der Waals surface area contributed by atoms with Crippen molar-refractivity contribution in [3.05, 3.63) is 96.6 Å². The molecular weight excluding hydrogens is 416 g/mol. The number of hydrogen-bond donors (Lipinski definition) is 1. The van der Waals surface area contributed by atoms with Crippen LogP contribution >= 0.6 is 11.8 Å². The second-order valence-electron chi connectivity index (χ2n) is 7.98. The van der Waals surface area contributed by atoms with E-state index >= 15 is 0 Å². The first-order valence-electron chi connectivity index (χ1n) is 10.8. The Hall–Kier alpha value is -3.38. The Balaban J connectivity index is 1.37. The molecule has 160 valence electrons. The van der Waals surface area contributed by atoms with Gasteiger partial charge in [0.25, 0.3) is 0 Å². The van der Waals surface area contributed by atoms with Crippen LogP contribution in [0.2, 0.25) is 0 Å². The molecule has 1 aliphatic rings. The van der Waals surface area contributed by atoms with Crippen LogP contribution in [0.15, 0.2) is 96.2 Å². The second kappa shape index (κ2) is 9.01. The van der Waals surface area contributed by atoms with Crippen molar-refractivity contribution in [2.24, 2.45) is 0 Å². The summed E-state index contributed by atoms with van der Waals surface area (Å²) in [6.07, 6.45) is 3.09. The highest BCUT2D eigenvalue weighted by Crippen LogP contribution is 2.41. The van der Waals surface area contributed by atoms with Crippen molar-refractivity contribution in [2.75, 3.05) is 5.75 Å². The van der Waals surface area contributed by atoms with Gasteiger partial charge in [0.05, 0.1) is 11.3 Å². The highest BCUT2D eigenvalue weighted by atomic mass is 32.2. The Bertz CT molecular complexity index is 1190. The van der Waals surface area contributed by atoms with Gasteiger partial charge in [0.2, 0.25) is 5.91 Å². The van der Waals surface area contributed by atoms with Crippen molar-refractivity contribution in [2.45, 2.75) is 30.0 Å². The predicted molar refractivity (Wildman–Crippen MR) is 128 cm³/mol. The van der Waals surface area contributed by atoms with Crippen LogP contribution in [-0.2, 0) is 10.3 Å². The van der Waals surface area contributed by atoms with E-state index in [1.165, 1.54) is 17.3 Å². The highest BCUT2D eigenvalue weighted by molar-refractivity contribution is 7.99. The molecule has 6 heteroatoms. The summed E-state index contributed by atoms with van der Waals surface area (Å²) >= 11 is 1.41. The fraction of sp³-hybridized carbons (Fsp3) is 0.192. The van der Waals surface area contributed by atoms with Crippen LogP contribution in [-0.4, -0.2) is 26.4 Å².